The molecule has 0 unspecified atom stereocenters. The number of anilines is 2. The highest BCUT2D eigenvalue weighted by Crippen LogP contribution is 2.48. The molecule has 0 bridgehead atoms. The zero-order chi connectivity index (χ0) is 22.1. The molecule has 2 aromatic heterocycles. The van der Waals surface area contributed by atoms with Crippen LogP contribution in [0.1, 0.15) is 41.0 Å². The van der Waals surface area contributed by atoms with Crippen LogP contribution in [0.2, 0.25) is 5.02 Å². The van der Waals surface area contributed by atoms with E-state index in [-0.39, 0.29) is 28.9 Å². The Morgan fingerprint density at radius 1 is 1.30 bits per heavy atom. The van der Waals surface area contributed by atoms with Crippen molar-refractivity contribution >= 4 is 28.9 Å². The van der Waals surface area contributed by atoms with E-state index in [1.165, 1.54) is 12.4 Å². The number of carbonyl (C=O) groups is 1. The molecule has 4 atom stereocenters. The van der Waals surface area contributed by atoms with Crippen LogP contribution < -0.4 is 16.2 Å². The van der Waals surface area contributed by atoms with Crippen LogP contribution in [0.25, 0.3) is 0 Å². The maximum Gasteiger partial charge on any atom is 0.288 e. The van der Waals surface area contributed by atoms with Gasteiger partial charge in [0, 0.05) is 12.2 Å². The summed E-state index contributed by atoms with van der Waals surface area (Å²) in [4.78, 5) is 28.8. The topological polar surface area (TPSA) is 88.9 Å². The maximum absolute atomic E-state index is 12.7. The molecule has 1 fully saturated rings. The fourth-order valence-corrected chi connectivity index (χ4v) is 4.42. The van der Waals surface area contributed by atoms with Crippen LogP contribution in [0.15, 0.2) is 35.5 Å². The third-order valence-corrected chi connectivity index (χ3v) is 7.40. The van der Waals surface area contributed by atoms with E-state index in [1.807, 2.05) is 0 Å². The van der Waals surface area contributed by atoms with Crippen LogP contribution in [-0.4, -0.2) is 26.7 Å². The molecule has 1 aliphatic carbocycles. The molecule has 0 spiro atoms. The second-order valence-corrected chi connectivity index (χ2v) is 9.36. The third-order valence-electron chi connectivity index (χ3n) is 7.04. The molecular formula is C22H30ClN5O2. The van der Waals surface area contributed by atoms with Gasteiger partial charge in [-0.1, -0.05) is 46.2 Å². The lowest BCUT2D eigenvalue weighted by atomic mass is 9.58. The largest absolute Gasteiger partial charge is 0.379 e. The van der Waals surface area contributed by atoms with E-state index >= 15 is 0 Å². The van der Waals surface area contributed by atoms with Crippen molar-refractivity contribution in [1.29, 1.82) is 0 Å². The first-order valence-electron chi connectivity index (χ1n) is 10.3. The quantitative estimate of drug-likeness (QED) is 0.745. The molecular weight excluding hydrogens is 402 g/mol. The summed E-state index contributed by atoms with van der Waals surface area (Å²) in [5.74, 6) is 1.09. The predicted molar refractivity (Wildman–Crippen MR) is 120 cm³/mol. The lowest BCUT2D eigenvalue weighted by Gasteiger charge is -2.50. The Morgan fingerprint density at radius 3 is 2.70 bits per heavy atom. The predicted octanol–water partition coefficient (Wildman–Crippen LogP) is 4.05. The van der Waals surface area contributed by atoms with Gasteiger partial charge in [0.1, 0.15) is 11.6 Å². The standard InChI is InChI=1S/C22H30ClN5O2/c1-13-9-17(14(2)15(3)22(13,4)5)27-18-11-25-28(21(30)20(18)23)12-19(29)26-16-7-6-8-24-10-16/h6-8,10-11,13-15,17,27H,9,12H2,1-5H3,(H,26,29)/t13-,14+,15+,17+/m0/s1. The number of amides is 1. The zero-order valence-corrected chi connectivity index (χ0v) is 18.9. The summed E-state index contributed by atoms with van der Waals surface area (Å²) in [6, 6.07) is 3.63. The first-order valence-corrected chi connectivity index (χ1v) is 10.7. The summed E-state index contributed by atoms with van der Waals surface area (Å²) in [5, 5.41) is 10.3. The van der Waals surface area contributed by atoms with Gasteiger partial charge in [0.25, 0.3) is 5.56 Å². The van der Waals surface area contributed by atoms with E-state index in [9.17, 15) is 9.59 Å². The molecule has 0 aliphatic heterocycles. The van der Waals surface area contributed by atoms with E-state index in [0.717, 1.165) is 11.1 Å². The van der Waals surface area contributed by atoms with Gasteiger partial charge in [0.15, 0.2) is 0 Å². The Balaban J connectivity index is 1.72. The van der Waals surface area contributed by atoms with Crippen molar-refractivity contribution in [2.75, 3.05) is 10.6 Å². The Morgan fingerprint density at radius 2 is 2.03 bits per heavy atom. The number of aromatic nitrogens is 3. The molecule has 8 heteroatoms. The maximum atomic E-state index is 12.7. The van der Waals surface area contributed by atoms with Crippen molar-refractivity contribution in [2.45, 2.75) is 53.6 Å². The second kappa shape index (κ2) is 8.76. The molecule has 1 aliphatic rings. The van der Waals surface area contributed by atoms with E-state index in [2.05, 4.69) is 55.3 Å². The van der Waals surface area contributed by atoms with Crippen LogP contribution in [0, 0.1) is 23.2 Å². The average molecular weight is 432 g/mol. The second-order valence-electron chi connectivity index (χ2n) is 8.98. The Bertz CT molecular complexity index is 960. The van der Waals surface area contributed by atoms with Gasteiger partial charge in [-0.15, -0.1) is 0 Å². The summed E-state index contributed by atoms with van der Waals surface area (Å²) < 4.78 is 1.07. The Kier molecular flexibility index (Phi) is 6.50. The van der Waals surface area contributed by atoms with Gasteiger partial charge in [-0.2, -0.15) is 5.10 Å². The van der Waals surface area contributed by atoms with Crippen molar-refractivity contribution in [2.24, 2.45) is 23.2 Å². The van der Waals surface area contributed by atoms with Crippen molar-refractivity contribution < 1.29 is 4.79 Å². The highest BCUT2D eigenvalue weighted by atomic mass is 35.5. The van der Waals surface area contributed by atoms with Crippen LogP contribution in [0.4, 0.5) is 11.4 Å². The number of rotatable bonds is 5. The minimum Gasteiger partial charge on any atom is -0.379 e. The molecule has 0 saturated heterocycles. The first-order chi connectivity index (χ1) is 14.1. The van der Waals surface area contributed by atoms with Crippen molar-refractivity contribution in [3.63, 3.8) is 0 Å². The summed E-state index contributed by atoms with van der Waals surface area (Å²) in [6.07, 6.45) is 5.67. The van der Waals surface area contributed by atoms with Crippen LogP contribution in [0.3, 0.4) is 0 Å². The molecule has 2 N–H and O–H groups in total. The van der Waals surface area contributed by atoms with Crippen LogP contribution >= 0.6 is 11.6 Å². The highest BCUT2D eigenvalue weighted by molar-refractivity contribution is 6.32. The fourth-order valence-electron chi connectivity index (χ4n) is 4.22. The number of halogens is 1. The first kappa shape index (κ1) is 22.3. The number of hydrogen-bond donors (Lipinski definition) is 2. The minimum absolute atomic E-state index is 0.0523. The Labute approximate surface area is 182 Å². The molecule has 2 aromatic rings. The molecule has 1 amide bonds. The zero-order valence-electron chi connectivity index (χ0n) is 18.1. The molecule has 0 radical (unpaired) electrons. The SMILES string of the molecule is C[C@@H]1[C@@H](C)C(C)(C)[C@@H](C)C[C@H]1Nc1cnn(CC(=O)Nc2cccnc2)c(=O)c1Cl. The van der Waals surface area contributed by atoms with Gasteiger partial charge in [0.2, 0.25) is 5.91 Å². The van der Waals surface area contributed by atoms with E-state index in [0.29, 0.717) is 29.1 Å². The van der Waals surface area contributed by atoms with Crippen LogP contribution in [0.5, 0.6) is 0 Å². The molecule has 3 rings (SSSR count). The van der Waals surface area contributed by atoms with Crippen molar-refractivity contribution in [1.82, 2.24) is 14.8 Å². The molecule has 2 heterocycles. The average Bonchev–Trinajstić information content (AvgIpc) is 2.71. The van der Waals surface area contributed by atoms with E-state index < -0.39 is 5.56 Å². The number of pyridine rings is 1. The van der Waals surface area contributed by atoms with Gasteiger partial charge in [0.05, 0.1) is 23.8 Å². The summed E-state index contributed by atoms with van der Waals surface area (Å²) in [6.45, 7) is 11.2. The van der Waals surface area contributed by atoms with Gasteiger partial charge < -0.3 is 10.6 Å². The van der Waals surface area contributed by atoms with Gasteiger partial charge >= 0.3 is 0 Å². The molecule has 0 aromatic carbocycles. The smallest absolute Gasteiger partial charge is 0.288 e. The molecule has 30 heavy (non-hydrogen) atoms. The monoisotopic (exact) mass is 431 g/mol. The number of nitrogens with zero attached hydrogens (tertiary/aromatic N) is 3. The molecule has 162 valence electrons. The van der Waals surface area contributed by atoms with Crippen molar-refractivity contribution in [3.8, 4) is 0 Å². The molecule has 7 nitrogen and oxygen atoms in total. The summed E-state index contributed by atoms with van der Waals surface area (Å²) in [5.41, 5.74) is 0.830. The lowest BCUT2D eigenvalue weighted by Crippen LogP contribution is -2.48. The van der Waals surface area contributed by atoms with E-state index in [1.54, 1.807) is 18.3 Å². The summed E-state index contributed by atoms with van der Waals surface area (Å²) >= 11 is 6.36. The summed E-state index contributed by atoms with van der Waals surface area (Å²) in [7, 11) is 0. The normalized spacial score (nSPS) is 25.5. The number of hydrogen-bond acceptors (Lipinski definition) is 5. The van der Waals surface area contributed by atoms with Gasteiger partial charge in [-0.05, 0) is 41.7 Å². The highest BCUT2D eigenvalue weighted by Gasteiger charge is 2.43. The van der Waals surface area contributed by atoms with Gasteiger partial charge in [-0.25, -0.2) is 4.68 Å². The molecule has 1 saturated carbocycles. The number of carbonyl (C=O) groups excluding carboxylic acids is 1. The van der Waals surface area contributed by atoms with Crippen molar-refractivity contribution in [3.05, 3.63) is 46.1 Å². The third kappa shape index (κ3) is 4.51. The van der Waals surface area contributed by atoms with Gasteiger partial charge in [-0.3, -0.25) is 14.6 Å². The fraction of sp³-hybridized carbons (Fsp3) is 0.545. The number of nitrogens with one attached hydrogen (secondary N) is 2. The minimum atomic E-state index is -0.493. The Hall–Kier alpha value is -2.41. The van der Waals surface area contributed by atoms with Crippen LogP contribution in [-0.2, 0) is 11.3 Å². The van der Waals surface area contributed by atoms with E-state index in [4.69, 9.17) is 11.6 Å². The lowest BCUT2D eigenvalue weighted by molar-refractivity contribution is -0.117.